The van der Waals surface area contributed by atoms with Gasteiger partial charge in [0.25, 0.3) is 0 Å². The summed E-state index contributed by atoms with van der Waals surface area (Å²) < 4.78 is 0. The molecule has 0 aliphatic heterocycles. The number of benzene rings is 1. The van der Waals surface area contributed by atoms with Crippen LogP contribution in [0.3, 0.4) is 0 Å². The van der Waals surface area contributed by atoms with Gasteiger partial charge in [0.1, 0.15) is 0 Å². The summed E-state index contributed by atoms with van der Waals surface area (Å²) >= 11 is 0. The first kappa shape index (κ1) is 17.7. The average Bonchev–Trinajstić information content (AvgIpc) is 2.57. The van der Waals surface area contributed by atoms with Crippen molar-refractivity contribution in [2.75, 3.05) is 17.2 Å². The molecule has 1 aliphatic carbocycles. The topological polar surface area (TPSA) is 87.3 Å². The third-order valence-electron chi connectivity index (χ3n) is 3.79. The molecule has 0 fully saturated rings. The molecular weight excluding hydrogens is 306 g/mol. The van der Waals surface area contributed by atoms with Crippen LogP contribution >= 0.6 is 0 Å². The maximum atomic E-state index is 11.8. The molecule has 0 atom stereocenters. The normalized spacial score (nSPS) is 13.6. The van der Waals surface area contributed by atoms with Crippen molar-refractivity contribution in [3.8, 4) is 0 Å². The fourth-order valence-electron chi connectivity index (χ4n) is 2.58. The lowest BCUT2D eigenvalue weighted by Gasteiger charge is -2.13. The average molecular weight is 329 g/mol. The standard InChI is InChI=1S/C18H23N3O3/c1-13(22)20-15-7-9-16(10-8-15)21-18(24)17(23)19-12-11-14-5-3-2-4-6-14/h5,7-10H,2-4,6,11-12H2,1H3,(H,19,23)(H,20,22)(H,21,24). The SMILES string of the molecule is CC(=O)Nc1ccc(NC(=O)C(=O)NCCC2=CCCCC2)cc1. The van der Waals surface area contributed by atoms with Crippen LogP contribution in [0.1, 0.15) is 39.0 Å². The molecule has 128 valence electrons. The molecule has 1 aromatic carbocycles. The molecule has 24 heavy (non-hydrogen) atoms. The van der Waals surface area contributed by atoms with E-state index in [2.05, 4.69) is 22.0 Å². The number of nitrogens with one attached hydrogen (secondary N) is 3. The molecular formula is C18H23N3O3. The second-order valence-corrected chi connectivity index (χ2v) is 5.83. The van der Waals surface area contributed by atoms with Crippen molar-refractivity contribution < 1.29 is 14.4 Å². The van der Waals surface area contributed by atoms with Crippen molar-refractivity contribution in [2.45, 2.75) is 39.0 Å². The molecule has 3 N–H and O–H groups in total. The van der Waals surface area contributed by atoms with Gasteiger partial charge in [0.05, 0.1) is 0 Å². The van der Waals surface area contributed by atoms with Gasteiger partial charge in [-0.2, -0.15) is 0 Å². The Morgan fingerprint density at radius 2 is 1.62 bits per heavy atom. The first-order chi connectivity index (χ1) is 11.5. The van der Waals surface area contributed by atoms with Gasteiger partial charge in [0, 0.05) is 24.8 Å². The summed E-state index contributed by atoms with van der Waals surface area (Å²) in [6.07, 6.45) is 7.66. The van der Waals surface area contributed by atoms with Gasteiger partial charge in [-0.15, -0.1) is 0 Å². The lowest BCUT2D eigenvalue weighted by atomic mass is 9.97. The molecule has 0 heterocycles. The number of hydrogen-bond donors (Lipinski definition) is 3. The quantitative estimate of drug-likeness (QED) is 0.573. The van der Waals surface area contributed by atoms with Crippen LogP contribution in [-0.2, 0) is 14.4 Å². The van der Waals surface area contributed by atoms with Crippen LogP contribution in [0.2, 0.25) is 0 Å². The Balaban J connectivity index is 1.75. The van der Waals surface area contributed by atoms with Crippen LogP contribution in [0, 0.1) is 0 Å². The highest BCUT2D eigenvalue weighted by Crippen LogP contribution is 2.19. The first-order valence-electron chi connectivity index (χ1n) is 8.19. The minimum atomic E-state index is -0.695. The predicted molar refractivity (Wildman–Crippen MR) is 93.6 cm³/mol. The van der Waals surface area contributed by atoms with Gasteiger partial charge in [-0.3, -0.25) is 14.4 Å². The molecule has 3 amide bonds. The fraction of sp³-hybridized carbons (Fsp3) is 0.389. The molecule has 1 aromatic rings. The molecule has 0 unspecified atom stereocenters. The molecule has 0 saturated carbocycles. The molecule has 0 bridgehead atoms. The summed E-state index contributed by atoms with van der Waals surface area (Å²) in [7, 11) is 0. The minimum Gasteiger partial charge on any atom is -0.348 e. The van der Waals surface area contributed by atoms with Crippen molar-refractivity contribution in [3.63, 3.8) is 0 Å². The van der Waals surface area contributed by atoms with E-state index in [1.54, 1.807) is 24.3 Å². The summed E-state index contributed by atoms with van der Waals surface area (Å²) in [5.41, 5.74) is 2.49. The maximum Gasteiger partial charge on any atom is 0.313 e. The largest absolute Gasteiger partial charge is 0.348 e. The van der Waals surface area contributed by atoms with E-state index in [1.807, 2.05) is 0 Å². The summed E-state index contributed by atoms with van der Waals surface area (Å²) in [5, 5.41) is 7.80. The van der Waals surface area contributed by atoms with Crippen LogP contribution in [0.5, 0.6) is 0 Å². The second kappa shape index (κ2) is 8.86. The van der Waals surface area contributed by atoms with Crippen molar-refractivity contribution in [2.24, 2.45) is 0 Å². The lowest BCUT2D eigenvalue weighted by molar-refractivity contribution is -0.136. The zero-order valence-corrected chi connectivity index (χ0v) is 13.9. The van der Waals surface area contributed by atoms with E-state index < -0.39 is 11.8 Å². The molecule has 6 heteroatoms. The van der Waals surface area contributed by atoms with E-state index in [0.29, 0.717) is 17.9 Å². The third kappa shape index (κ3) is 5.87. The molecule has 0 aromatic heterocycles. The highest BCUT2D eigenvalue weighted by atomic mass is 16.2. The number of carbonyl (C=O) groups excluding carboxylic acids is 3. The van der Waals surface area contributed by atoms with E-state index in [-0.39, 0.29) is 5.91 Å². The summed E-state index contributed by atoms with van der Waals surface area (Å²) in [5.74, 6) is -1.50. The van der Waals surface area contributed by atoms with Crippen molar-refractivity contribution in [1.82, 2.24) is 5.32 Å². The van der Waals surface area contributed by atoms with Crippen LogP contribution in [-0.4, -0.2) is 24.3 Å². The van der Waals surface area contributed by atoms with Gasteiger partial charge in [-0.05, 0) is 56.4 Å². The van der Waals surface area contributed by atoms with Crippen LogP contribution in [0.4, 0.5) is 11.4 Å². The van der Waals surface area contributed by atoms with E-state index in [4.69, 9.17) is 0 Å². The van der Waals surface area contributed by atoms with Gasteiger partial charge in [0.15, 0.2) is 0 Å². The summed E-state index contributed by atoms with van der Waals surface area (Å²) in [6, 6.07) is 6.57. The van der Waals surface area contributed by atoms with Gasteiger partial charge in [-0.25, -0.2) is 0 Å². The second-order valence-electron chi connectivity index (χ2n) is 5.83. The molecule has 0 spiro atoms. The Labute approximate surface area is 141 Å². The molecule has 0 saturated heterocycles. The Kier molecular flexibility index (Phi) is 6.54. The summed E-state index contributed by atoms with van der Waals surface area (Å²) in [4.78, 5) is 34.6. The van der Waals surface area contributed by atoms with E-state index in [1.165, 1.54) is 25.3 Å². The van der Waals surface area contributed by atoms with Gasteiger partial charge < -0.3 is 16.0 Å². The van der Waals surface area contributed by atoms with Crippen LogP contribution in [0.15, 0.2) is 35.9 Å². The first-order valence-corrected chi connectivity index (χ1v) is 8.19. The monoisotopic (exact) mass is 329 g/mol. The molecule has 1 aliphatic rings. The zero-order valence-electron chi connectivity index (χ0n) is 13.9. The number of hydrogen-bond acceptors (Lipinski definition) is 3. The molecule has 6 nitrogen and oxygen atoms in total. The third-order valence-corrected chi connectivity index (χ3v) is 3.79. The fourth-order valence-corrected chi connectivity index (χ4v) is 2.58. The van der Waals surface area contributed by atoms with Crippen molar-refractivity contribution >= 4 is 29.1 Å². The van der Waals surface area contributed by atoms with E-state index in [0.717, 1.165) is 19.3 Å². The predicted octanol–water partition coefficient (Wildman–Crippen LogP) is 2.59. The number of amides is 3. The van der Waals surface area contributed by atoms with Crippen molar-refractivity contribution in [1.29, 1.82) is 0 Å². The smallest absolute Gasteiger partial charge is 0.313 e. The molecule has 2 rings (SSSR count). The zero-order chi connectivity index (χ0) is 17.4. The Bertz CT molecular complexity index is 635. The van der Waals surface area contributed by atoms with Gasteiger partial charge in [-0.1, -0.05) is 11.6 Å². The van der Waals surface area contributed by atoms with Gasteiger partial charge in [0.2, 0.25) is 5.91 Å². The number of rotatable bonds is 5. The maximum absolute atomic E-state index is 11.8. The minimum absolute atomic E-state index is 0.167. The van der Waals surface area contributed by atoms with E-state index >= 15 is 0 Å². The van der Waals surface area contributed by atoms with Crippen LogP contribution < -0.4 is 16.0 Å². The highest BCUT2D eigenvalue weighted by Gasteiger charge is 2.13. The van der Waals surface area contributed by atoms with Gasteiger partial charge >= 0.3 is 11.8 Å². The van der Waals surface area contributed by atoms with E-state index in [9.17, 15) is 14.4 Å². The number of allylic oxidation sites excluding steroid dienone is 1. The Morgan fingerprint density at radius 3 is 2.21 bits per heavy atom. The summed E-state index contributed by atoms with van der Waals surface area (Å²) in [6.45, 7) is 1.89. The Morgan fingerprint density at radius 1 is 0.958 bits per heavy atom. The van der Waals surface area contributed by atoms with Crippen molar-refractivity contribution in [3.05, 3.63) is 35.9 Å². The molecule has 0 radical (unpaired) electrons. The highest BCUT2D eigenvalue weighted by molar-refractivity contribution is 6.39. The Hall–Kier alpha value is -2.63. The number of anilines is 2. The number of carbonyl (C=O) groups is 3. The lowest BCUT2D eigenvalue weighted by Crippen LogP contribution is -2.36. The van der Waals surface area contributed by atoms with Crippen LogP contribution in [0.25, 0.3) is 0 Å².